The smallest absolute Gasteiger partial charge is 0.407 e. The fraction of sp³-hybridized carbons (Fsp3) is 0.787. The van der Waals surface area contributed by atoms with Crippen molar-refractivity contribution < 1.29 is 92.0 Å². The van der Waals surface area contributed by atoms with Crippen molar-refractivity contribution in [2.24, 2.45) is 52.6 Å². The highest BCUT2D eigenvalue weighted by Crippen LogP contribution is 2.61. The van der Waals surface area contributed by atoms with E-state index in [9.17, 15) is 35.1 Å². The standard InChI is InChI=1S/C61H92N2O19/c1-27-14-17-42(78-47-25-59(10,62)54(35(9)77-47)63-58(71)73-13)28(2)19-37-20-36(26-64)31(5)24-61(37)56(69)48(57(70)82-61)55(68)60(11)39(27)16-15-38-49(60)29(3)18-30(4)51(38)80-46-23-43(50(67)32(6)74-46)79-44-22-41(66)53(34(8)76-44)81-45-21-40(65)52(72-12)33(7)75-45/h14-16,19-20,29-35,37-47,49-54,64-68H,17-18,21-26,62H2,1-13H3,(H,63,71)/b27-14+,28-19-,55-48-/t29-,30-,31+,32+,33+,34+,35+,37-,38-,39-,40-,41-,42?,43-,44?,45?,46?,47+,49+,50+,51-,52+,53+,54-,59-,60+,61?/m1/s1. The second-order valence-electron chi connectivity index (χ2n) is 25.8. The Morgan fingerprint density at radius 3 is 2.00 bits per heavy atom. The summed E-state index contributed by atoms with van der Waals surface area (Å²) in [4.78, 5) is 42.6. The fourth-order valence-electron chi connectivity index (χ4n) is 15.7. The molecule has 21 heteroatoms. The van der Waals surface area contributed by atoms with Crippen LogP contribution in [0.3, 0.4) is 0 Å². The Labute approximate surface area is 482 Å². The van der Waals surface area contributed by atoms with E-state index in [-0.39, 0.29) is 73.7 Å². The molecule has 0 radical (unpaired) electrons. The summed E-state index contributed by atoms with van der Waals surface area (Å²) in [7, 11) is 2.79. The number of fused-ring (bicyclic) bond motifs is 4. The van der Waals surface area contributed by atoms with Gasteiger partial charge in [-0.15, -0.1) is 0 Å². The van der Waals surface area contributed by atoms with Gasteiger partial charge in [-0.05, 0) is 96.1 Å². The summed E-state index contributed by atoms with van der Waals surface area (Å²) in [6.45, 7) is 20.6. The van der Waals surface area contributed by atoms with Crippen LogP contribution in [0.25, 0.3) is 0 Å². The van der Waals surface area contributed by atoms with Crippen LogP contribution in [-0.2, 0) is 61.7 Å². The van der Waals surface area contributed by atoms with Gasteiger partial charge in [0, 0.05) is 67.9 Å². The van der Waals surface area contributed by atoms with Gasteiger partial charge in [0.2, 0.25) is 5.78 Å². The largest absolute Gasteiger partial charge is 0.511 e. The molecule has 0 aromatic rings. The lowest BCUT2D eigenvalue weighted by atomic mass is 9.49. The first-order valence-corrected chi connectivity index (χ1v) is 29.7. The summed E-state index contributed by atoms with van der Waals surface area (Å²) in [6.07, 6.45) is -1.16. The van der Waals surface area contributed by atoms with Crippen LogP contribution in [0.4, 0.5) is 4.79 Å². The number of ketones is 1. The van der Waals surface area contributed by atoms with Gasteiger partial charge in [0.25, 0.3) is 0 Å². The van der Waals surface area contributed by atoms with Crippen molar-refractivity contribution in [3.8, 4) is 0 Å². The Bertz CT molecular complexity index is 2490. The molecular weight excluding hydrogens is 1060 g/mol. The van der Waals surface area contributed by atoms with Gasteiger partial charge in [-0.3, -0.25) is 4.79 Å². The second kappa shape index (κ2) is 24.6. The van der Waals surface area contributed by atoms with Gasteiger partial charge < -0.3 is 88.7 Å². The van der Waals surface area contributed by atoms with Crippen LogP contribution in [0.2, 0.25) is 0 Å². The van der Waals surface area contributed by atoms with Gasteiger partial charge in [-0.1, -0.05) is 63.6 Å². The third kappa shape index (κ3) is 11.8. The number of rotatable bonds is 11. The van der Waals surface area contributed by atoms with Gasteiger partial charge in [-0.25, -0.2) is 9.59 Å². The SMILES string of the molecule is COC(=O)N[C@@H]1[C@H](C)O[C@@H](OC2C/C=C(\C)[C@H]3C=C[C@H]4[C@H](OC5C[C@@H](OC6C[C@@H](O)[C@@H](OC7C[C@@H](O)[C@@H](OC)[C@H](C)O7)[C@H](C)O6)[C@@H](O)[C@H](C)O5)[C@H](C)C[C@@H](C)[C@@H]4[C@@]3(C)/C(O)=C3/C(=O)OC4(C[C@H](C)C(CO)=C[C@H]4/C=C\2C)C3=O)C[C@@]1(C)N. The highest BCUT2D eigenvalue weighted by Gasteiger charge is 2.64. The number of ether oxygens (including phenoxy) is 11. The third-order valence-corrected chi connectivity index (χ3v) is 19.9. The maximum Gasteiger partial charge on any atom is 0.407 e. The Kier molecular flexibility index (Phi) is 18.9. The third-order valence-electron chi connectivity index (χ3n) is 19.9. The zero-order valence-electron chi connectivity index (χ0n) is 49.9. The minimum absolute atomic E-state index is 0.0320. The predicted octanol–water partition coefficient (Wildman–Crippen LogP) is 5.25. The topological polar surface area (TPSA) is 292 Å². The number of alkyl carbamates (subject to hydrolysis) is 1. The Hall–Kier alpha value is -3.65. The molecule has 0 aromatic heterocycles. The van der Waals surface area contributed by atoms with E-state index < -0.39 is 157 Å². The van der Waals surface area contributed by atoms with E-state index in [1.54, 1.807) is 26.8 Å². The summed E-state index contributed by atoms with van der Waals surface area (Å²) >= 11 is 0. The van der Waals surface area contributed by atoms with Crippen molar-refractivity contribution in [2.75, 3.05) is 20.8 Å². The number of nitrogens with two attached hydrogens (primary N) is 1. The summed E-state index contributed by atoms with van der Waals surface area (Å²) in [5.74, 6) is -4.54. The predicted molar refractivity (Wildman–Crippen MR) is 295 cm³/mol. The van der Waals surface area contributed by atoms with Gasteiger partial charge in [0.15, 0.2) is 30.8 Å². The Balaban J connectivity index is 1.00. The summed E-state index contributed by atoms with van der Waals surface area (Å²) < 4.78 is 68.4. The molecule has 5 heterocycles. The number of methoxy groups -OCH3 is 2. The molecule has 0 aromatic carbocycles. The van der Waals surface area contributed by atoms with Crippen molar-refractivity contribution in [2.45, 2.75) is 237 Å². The van der Waals surface area contributed by atoms with Gasteiger partial charge in [0.1, 0.15) is 29.6 Å². The first kappa shape index (κ1) is 62.9. The van der Waals surface area contributed by atoms with E-state index in [2.05, 4.69) is 37.4 Å². The molecule has 4 aliphatic carbocycles. The summed E-state index contributed by atoms with van der Waals surface area (Å²) in [5, 5.41) is 60.3. The average molecular weight is 1160 g/mol. The van der Waals surface area contributed by atoms with Crippen molar-refractivity contribution in [1.29, 1.82) is 0 Å². The molecule has 1 amide bonds. The molecule has 1 saturated carbocycles. The van der Waals surface area contributed by atoms with E-state index in [1.807, 2.05) is 47.6 Å². The minimum atomic E-state index is -1.75. The van der Waals surface area contributed by atoms with Crippen molar-refractivity contribution >= 4 is 17.8 Å². The molecule has 21 nitrogen and oxygen atoms in total. The number of hydrogen-bond acceptors (Lipinski definition) is 20. The number of nitrogens with one attached hydrogen (secondary N) is 1. The number of hydrogen-bond donors (Lipinski definition) is 7. The molecule has 82 heavy (non-hydrogen) atoms. The van der Waals surface area contributed by atoms with E-state index >= 15 is 4.79 Å². The summed E-state index contributed by atoms with van der Waals surface area (Å²) in [5.41, 5.74) is 4.75. The number of allylic oxidation sites excluding steroid dienone is 3. The Morgan fingerprint density at radius 2 is 1.37 bits per heavy atom. The normalized spacial score (nSPS) is 50.3. The van der Waals surface area contributed by atoms with Gasteiger partial charge in [-0.2, -0.15) is 0 Å². The monoisotopic (exact) mass is 1160 g/mol. The molecular formula is C61H92N2O19. The van der Waals surface area contributed by atoms with E-state index in [1.165, 1.54) is 14.2 Å². The molecule has 460 valence electrons. The van der Waals surface area contributed by atoms with Gasteiger partial charge >= 0.3 is 12.1 Å². The van der Waals surface area contributed by atoms with Crippen LogP contribution in [0.5, 0.6) is 0 Å². The van der Waals surface area contributed by atoms with Gasteiger partial charge in [0.05, 0.1) is 74.7 Å². The maximum absolute atomic E-state index is 15.6. The van der Waals surface area contributed by atoms with Crippen molar-refractivity contribution in [3.05, 3.63) is 58.4 Å². The van der Waals surface area contributed by atoms with E-state index in [0.29, 0.717) is 24.0 Å². The van der Waals surface area contributed by atoms with Crippen molar-refractivity contribution in [3.63, 3.8) is 0 Å². The zero-order valence-corrected chi connectivity index (χ0v) is 49.9. The van der Waals surface area contributed by atoms with Crippen LogP contribution < -0.4 is 11.1 Å². The number of carbonyl (C=O) groups excluding carboxylic acids is 3. The molecule has 1 spiro atoms. The van der Waals surface area contributed by atoms with Crippen LogP contribution >= 0.6 is 0 Å². The minimum Gasteiger partial charge on any atom is -0.511 e. The molecule has 5 unspecified atom stereocenters. The Morgan fingerprint density at radius 1 is 0.744 bits per heavy atom. The van der Waals surface area contributed by atoms with Crippen LogP contribution in [0, 0.1) is 46.8 Å². The molecule has 9 aliphatic rings. The lowest BCUT2D eigenvalue weighted by molar-refractivity contribution is -0.335. The zero-order chi connectivity index (χ0) is 59.7. The lowest BCUT2D eigenvalue weighted by Gasteiger charge is -2.56. The first-order valence-electron chi connectivity index (χ1n) is 29.7. The highest BCUT2D eigenvalue weighted by atomic mass is 16.7. The average Bonchev–Trinajstić information content (AvgIpc) is 3.56. The molecule has 9 rings (SSSR count). The quantitative estimate of drug-likeness (QED) is 0.0789. The number of aliphatic hydroxyl groups is 5. The van der Waals surface area contributed by atoms with Crippen LogP contribution in [0.15, 0.2) is 58.4 Å². The fourth-order valence-corrected chi connectivity index (χ4v) is 15.7. The van der Waals surface area contributed by atoms with Crippen LogP contribution in [-0.4, -0.2) is 180 Å². The molecule has 5 saturated heterocycles. The highest BCUT2D eigenvalue weighted by molar-refractivity contribution is 6.26. The summed E-state index contributed by atoms with van der Waals surface area (Å²) in [6, 6.07) is -0.595. The van der Waals surface area contributed by atoms with Crippen molar-refractivity contribution in [1.82, 2.24) is 5.32 Å². The van der Waals surface area contributed by atoms with Crippen LogP contribution in [0.1, 0.15) is 121 Å². The number of Topliss-reactive ketones (excluding diaryl/α,β-unsaturated/α-hetero) is 1. The van der Waals surface area contributed by atoms with E-state index in [0.717, 1.165) is 5.57 Å². The lowest BCUT2D eigenvalue weighted by Crippen LogP contribution is -2.66. The molecule has 5 aliphatic heterocycles. The maximum atomic E-state index is 15.6. The first-order chi connectivity index (χ1) is 38.6. The number of carbonyl (C=O) groups is 3. The second-order valence-corrected chi connectivity index (χ2v) is 25.8. The number of aliphatic hydroxyl groups excluding tert-OH is 5. The molecule has 2 bridgehead atoms. The molecule has 8 N–H and O–H groups in total. The number of amides is 1. The number of esters is 1. The molecule has 27 atom stereocenters. The van der Waals surface area contributed by atoms with E-state index in [4.69, 9.17) is 57.8 Å². The molecule has 6 fully saturated rings.